The highest BCUT2D eigenvalue weighted by Gasteiger charge is 2.46. The lowest BCUT2D eigenvalue weighted by Crippen LogP contribution is -2.55. The maximum Gasteiger partial charge on any atom is 0.416 e. The molecule has 0 spiro atoms. The van der Waals surface area contributed by atoms with Crippen molar-refractivity contribution in [3.8, 4) is 5.69 Å². The number of fused-ring (bicyclic) bond motifs is 1. The zero-order valence-electron chi connectivity index (χ0n) is 23.4. The summed E-state index contributed by atoms with van der Waals surface area (Å²) in [6.07, 6.45) is -3.59. The Hall–Kier alpha value is -5.26. The normalized spacial score (nSPS) is 16.3. The zero-order valence-corrected chi connectivity index (χ0v) is 23.4. The zero-order chi connectivity index (χ0) is 31.6. The van der Waals surface area contributed by atoms with Crippen molar-refractivity contribution < 1.29 is 31.9 Å². The Morgan fingerprint density at radius 1 is 1.02 bits per heavy atom. The smallest absolute Gasteiger partial charge is 0.347 e. The van der Waals surface area contributed by atoms with Gasteiger partial charge in [-0.1, -0.05) is 43.0 Å². The van der Waals surface area contributed by atoms with Crippen LogP contribution in [-0.2, 0) is 22.3 Å². The minimum absolute atomic E-state index is 0.0786. The Labute approximate surface area is 250 Å². The first-order valence-corrected chi connectivity index (χ1v) is 13.7. The van der Waals surface area contributed by atoms with E-state index in [0.717, 1.165) is 18.2 Å². The van der Waals surface area contributed by atoms with Gasteiger partial charge in [0.1, 0.15) is 17.7 Å². The number of hydrogen-bond acceptors (Lipinski definition) is 4. The fraction of sp³-hybridized carbons (Fsp3) is 0.188. The number of aromatic nitrogens is 2. The Balaban J connectivity index is 1.70. The molecule has 44 heavy (non-hydrogen) atoms. The minimum atomic E-state index is -4.68. The molecule has 0 radical (unpaired) electrons. The highest BCUT2D eigenvalue weighted by molar-refractivity contribution is 6.05. The van der Waals surface area contributed by atoms with Crippen LogP contribution in [0.4, 0.5) is 23.4 Å². The summed E-state index contributed by atoms with van der Waals surface area (Å²) in [5, 5.41) is 10.1. The molecule has 0 aliphatic carbocycles. The second-order valence-electron chi connectivity index (χ2n) is 9.99. The van der Waals surface area contributed by atoms with E-state index < -0.39 is 47.2 Å². The largest absolute Gasteiger partial charge is 0.416 e. The number of benzene rings is 3. The summed E-state index contributed by atoms with van der Waals surface area (Å²) in [6.45, 7) is 5.27. The molecule has 3 amide bonds. The van der Waals surface area contributed by atoms with E-state index in [1.807, 2.05) is 6.07 Å². The van der Waals surface area contributed by atoms with Gasteiger partial charge in [0.05, 0.1) is 23.5 Å². The monoisotopic (exact) mass is 605 g/mol. The molecule has 12 heteroatoms. The number of carbonyl (C=O) groups is 3. The van der Waals surface area contributed by atoms with Gasteiger partial charge in [-0.25, -0.2) is 9.07 Å². The number of para-hydroxylation sites is 1. The van der Waals surface area contributed by atoms with Crippen LogP contribution in [0, 0.1) is 5.82 Å². The number of nitrogens with one attached hydrogen (secondary N) is 2. The Bertz CT molecular complexity index is 1720. The molecule has 2 atom stereocenters. The van der Waals surface area contributed by atoms with Gasteiger partial charge in [0.2, 0.25) is 5.91 Å². The van der Waals surface area contributed by atoms with Crippen LogP contribution in [0.15, 0.2) is 91.5 Å². The average Bonchev–Trinajstić information content (AvgIpc) is 3.39. The van der Waals surface area contributed by atoms with Gasteiger partial charge in [0.15, 0.2) is 0 Å². The van der Waals surface area contributed by atoms with Crippen molar-refractivity contribution in [3.63, 3.8) is 0 Å². The summed E-state index contributed by atoms with van der Waals surface area (Å²) in [4.78, 5) is 41.2. The predicted octanol–water partition coefficient (Wildman–Crippen LogP) is 5.13. The molecule has 0 saturated heterocycles. The number of anilines is 1. The SMILES string of the molecule is C=CC(=O)NCc1nn(-c2ccccc2)c2c1[C@H](c1ccc(F)cc1)[C@H](NC(=O)c1cccc(C(F)(F)F)c1)C(=O)N2CC. The molecule has 8 nitrogen and oxygen atoms in total. The molecule has 2 N–H and O–H groups in total. The molecule has 1 aromatic heterocycles. The van der Waals surface area contributed by atoms with Crippen molar-refractivity contribution in [3.05, 3.63) is 125 Å². The average molecular weight is 606 g/mol. The molecular weight excluding hydrogens is 578 g/mol. The topological polar surface area (TPSA) is 96.3 Å². The number of rotatable bonds is 8. The molecule has 1 aliphatic heterocycles. The Kier molecular flexibility index (Phi) is 8.34. The van der Waals surface area contributed by atoms with E-state index in [-0.39, 0.29) is 18.7 Å². The standard InChI is InChI=1S/C32H27F4N5O3/c1-3-25(42)37-18-24-27-26(19-13-15-22(33)16-14-19)28(38-29(43)20-9-8-10-21(17-20)32(34,35)36)31(44)40(4-2)30(27)41(39-24)23-11-6-5-7-12-23/h3,5-17,26,28H,1,4,18H2,2H3,(H,37,42)(H,38,43)/t26-,28-/m0/s1. The third kappa shape index (κ3) is 5.83. The maximum absolute atomic E-state index is 14.2. The van der Waals surface area contributed by atoms with E-state index in [1.165, 1.54) is 35.2 Å². The summed E-state index contributed by atoms with van der Waals surface area (Å²) in [6, 6.07) is 16.9. The molecule has 0 unspecified atom stereocenters. The van der Waals surface area contributed by atoms with Gasteiger partial charge in [-0.05, 0) is 61.0 Å². The first kappa shape index (κ1) is 30.2. The molecule has 5 rings (SSSR count). The second-order valence-corrected chi connectivity index (χ2v) is 9.99. The van der Waals surface area contributed by atoms with E-state index in [2.05, 4.69) is 17.2 Å². The van der Waals surface area contributed by atoms with Crippen molar-refractivity contribution >= 4 is 23.5 Å². The molecule has 0 saturated carbocycles. The molecule has 0 fully saturated rings. The summed E-state index contributed by atoms with van der Waals surface area (Å²) in [7, 11) is 0. The van der Waals surface area contributed by atoms with Gasteiger partial charge in [0.25, 0.3) is 11.8 Å². The maximum atomic E-state index is 14.2. The number of carbonyl (C=O) groups excluding carboxylic acids is 3. The van der Waals surface area contributed by atoms with Crippen LogP contribution in [-0.4, -0.2) is 40.1 Å². The third-order valence-corrected chi connectivity index (χ3v) is 7.31. The summed E-state index contributed by atoms with van der Waals surface area (Å²) in [5.41, 5.74) is 0.573. The lowest BCUT2D eigenvalue weighted by Gasteiger charge is -2.38. The number of halogens is 4. The highest BCUT2D eigenvalue weighted by atomic mass is 19.4. The summed E-state index contributed by atoms with van der Waals surface area (Å²) >= 11 is 0. The van der Waals surface area contributed by atoms with Crippen LogP contribution < -0.4 is 15.5 Å². The third-order valence-electron chi connectivity index (χ3n) is 7.31. The van der Waals surface area contributed by atoms with Crippen LogP contribution in [0.3, 0.4) is 0 Å². The van der Waals surface area contributed by atoms with Gasteiger partial charge in [0, 0.05) is 23.6 Å². The molecule has 2 heterocycles. The van der Waals surface area contributed by atoms with Crippen molar-refractivity contribution in [1.82, 2.24) is 20.4 Å². The first-order chi connectivity index (χ1) is 21.0. The molecule has 1 aliphatic rings. The number of hydrogen-bond donors (Lipinski definition) is 2. The van der Waals surface area contributed by atoms with E-state index in [1.54, 1.807) is 35.9 Å². The van der Waals surface area contributed by atoms with Crippen LogP contribution >= 0.6 is 0 Å². The van der Waals surface area contributed by atoms with Crippen LogP contribution in [0.1, 0.15) is 45.6 Å². The molecule has 3 aromatic carbocycles. The van der Waals surface area contributed by atoms with Crippen LogP contribution in [0.2, 0.25) is 0 Å². The van der Waals surface area contributed by atoms with Gasteiger partial charge in [-0.2, -0.15) is 18.3 Å². The minimum Gasteiger partial charge on any atom is -0.347 e. The van der Waals surface area contributed by atoms with Crippen molar-refractivity contribution in [2.45, 2.75) is 31.6 Å². The van der Waals surface area contributed by atoms with Crippen LogP contribution in [0.5, 0.6) is 0 Å². The summed E-state index contributed by atoms with van der Waals surface area (Å²) in [5.74, 6) is -3.03. The highest BCUT2D eigenvalue weighted by Crippen LogP contribution is 2.43. The van der Waals surface area contributed by atoms with Gasteiger partial charge < -0.3 is 10.6 Å². The van der Waals surface area contributed by atoms with Gasteiger partial charge in [-0.15, -0.1) is 0 Å². The Morgan fingerprint density at radius 2 is 1.73 bits per heavy atom. The van der Waals surface area contributed by atoms with E-state index in [9.17, 15) is 31.9 Å². The van der Waals surface area contributed by atoms with Crippen molar-refractivity contribution in [2.75, 3.05) is 11.4 Å². The van der Waals surface area contributed by atoms with Crippen molar-refractivity contribution in [1.29, 1.82) is 0 Å². The predicted molar refractivity (Wildman–Crippen MR) is 155 cm³/mol. The molecule has 4 aromatic rings. The fourth-order valence-electron chi connectivity index (χ4n) is 5.29. The van der Waals surface area contributed by atoms with Gasteiger partial charge >= 0.3 is 6.18 Å². The number of nitrogens with zero attached hydrogens (tertiary/aromatic N) is 3. The van der Waals surface area contributed by atoms with Gasteiger partial charge in [-0.3, -0.25) is 19.3 Å². The Morgan fingerprint density at radius 3 is 2.36 bits per heavy atom. The van der Waals surface area contributed by atoms with Crippen molar-refractivity contribution in [2.24, 2.45) is 0 Å². The lowest BCUT2D eigenvalue weighted by molar-refractivity contribution is -0.137. The van der Waals surface area contributed by atoms with E-state index in [4.69, 9.17) is 5.10 Å². The quantitative estimate of drug-likeness (QED) is 0.215. The van der Waals surface area contributed by atoms with E-state index >= 15 is 0 Å². The molecule has 226 valence electrons. The molecule has 0 bridgehead atoms. The second kappa shape index (κ2) is 12.2. The van der Waals surface area contributed by atoms with E-state index in [0.29, 0.717) is 34.4 Å². The lowest BCUT2D eigenvalue weighted by atomic mass is 9.80. The number of alkyl halides is 3. The number of amides is 3. The van der Waals surface area contributed by atoms with Crippen LogP contribution in [0.25, 0.3) is 5.69 Å². The molecular formula is C32H27F4N5O3. The number of likely N-dealkylation sites (N-methyl/N-ethyl adjacent to an activating group) is 1. The fourth-order valence-corrected chi connectivity index (χ4v) is 5.29. The summed E-state index contributed by atoms with van der Waals surface area (Å²) < 4.78 is 55.8. The first-order valence-electron chi connectivity index (χ1n) is 13.7.